The van der Waals surface area contributed by atoms with Crippen molar-refractivity contribution in [3.8, 4) is 0 Å². The molecule has 1 rings (SSSR count). The summed E-state index contributed by atoms with van der Waals surface area (Å²) in [5, 5.41) is 78.4. The van der Waals surface area contributed by atoms with Crippen LogP contribution in [0.1, 0.15) is 27.2 Å². The molecule has 0 bridgehead atoms. The van der Waals surface area contributed by atoms with Crippen LogP contribution < -0.4 is 0 Å². The van der Waals surface area contributed by atoms with Gasteiger partial charge < -0.3 is 50.3 Å². The monoisotopic (exact) mass is 384 g/mol. The van der Waals surface area contributed by atoms with E-state index in [1.165, 1.54) is 0 Å². The smallest absolute Gasteiger partial charge is 0.187 e. The molecule has 0 aromatic heterocycles. The van der Waals surface area contributed by atoms with Gasteiger partial charge in [-0.3, -0.25) is 0 Å². The van der Waals surface area contributed by atoms with Crippen LogP contribution in [0.2, 0.25) is 0 Å². The molecule has 156 valence electrons. The summed E-state index contributed by atoms with van der Waals surface area (Å²) in [7, 11) is 0. The van der Waals surface area contributed by atoms with E-state index in [-0.39, 0.29) is 11.8 Å². The number of rotatable bonds is 8. The van der Waals surface area contributed by atoms with Crippen LogP contribution in [-0.4, -0.2) is 109 Å². The van der Waals surface area contributed by atoms with Gasteiger partial charge in [0.15, 0.2) is 6.29 Å². The lowest BCUT2D eigenvalue weighted by atomic mass is 9.86. The third-order valence-corrected chi connectivity index (χ3v) is 4.26. The zero-order valence-corrected chi connectivity index (χ0v) is 15.2. The number of ether oxygens (including phenoxy) is 2. The first kappa shape index (κ1) is 23.6. The fourth-order valence-corrected chi connectivity index (χ4v) is 2.80. The first-order valence-electron chi connectivity index (χ1n) is 8.54. The zero-order valence-electron chi connectivity index (χ0n) is 15.2. The average Bonchev–Trinajstić information content (AvgIpc) is 2.56. The van der Waals surface area contributed by atoms with E-state index in [0.717, 1.165) is 0 Å². The molecular weight excluding hydrogens is 352 g/mol. The lowest BCUT2D eigenvalue weighted by molar-refractivity contribution is -0.327. The Bertz CT molecular complexity index is 412. The second kappa shape index (κ2) is 9.69. The van der Waals surface area contributed by atoms with Crippen molar-refractivity contribution in [1.29, 1.82) is 0 Å². The molecule has 1 fully saturated rings. The molecule has 0 spiro atoms. The van der Waals surface area contributed by atoms with Crippen molar-refractivity contribution < 1.29 is 50.3 Å². The summed E-state index contributed by atoms with van der Waals surface area (Å²) in [5.41, 5.74) is -0.349. The SMILES string of the molecule is CC(C)(C)C[C@H](O)[C@@H](O)[C@@H](O[C@@H]1O[C@H](CO)[C@H](O)[C@H](O)[C@H]1O)[C@H](O)CO. The number of hydrogen-bond acceptors (Lipinski definition) is 10. The van der Waals surface area contributed by atoms with E-state index in [0.29, 0.717) is 0 Å². The van der Waals surface area contributed by atoms with E-state index in [2.05, 4.69) is 0 Å². The van der Waals surface area contributed by atoms with Gasteiger partial charge in [-0.2, -0.15) is 0 Å². The van der Waals surface area contributed by atoms with Crippen molar-refractivity contribution in [3.63, 3.8) is 0 Å². The van der Waals surface area contributed by atoms with E-state index in [4.69, 9.17) is 9.47 Å². The maximum absolute atomic E-state index is 10.4. The molecule has 0 aliphatic carbocycles. The Balaban J connectivity index is 2.93. The van der Waals surface area contributed by atoms with Crippen molar-refractivity contribution in [3.05, 3.63) is 0 Å². The fourth-order valence-electron chi connectivity index (χ4n) is 2.80. The van der Waals surface area contributed by atoms with Gasteiger partial charge in [-0.05, 0) is 11.8 Å². The first-order chi connectivity index (χ1) is 11.9. The largest absolute Gasteiger partial charge is 0.394 e. The molecule has 1 aliphatic heterocycles. The Hall–Kier alpha value is -0.400. The molecule has 1 saturated heterocycles. The summed E-state index contributed by atoms with van der Waals surface area (Å²) in [4.78, 5) is 0. The van der Waals surface area contributed by atoms with Gasteiger partial charge in [0.1, 0.15) is 42.7 Å². The number of aliphatic hydroxyl groups excluding tert-OH is 8. The minimum Gasteiger partial charge on any atom is -0.394 e. The van der Waals surface area contributed by atoms with Gasteiger partial charge in [0.2, 0.25) is 0 Å². The molecule has 0 aromatic carbocycles. The molecular formula is C16H32O10. The Morgan fingerprint density at radius 1 is 0.923 bits per heavy atom. The van der Waals surface area contributed by atoms with Crippen molar-refractivity contribution in [2.45, 2.75) is 82.3 Å². The Labute approximate surface area is 152 Å². The predicted octanol–water partition coefficient (Wildman–Crippen LogP) is -3.32. The van der Waals surface area contributed by atoms with Crippen LogP contribution in [-0.2, 0) is 9.47 Å². The Morgan fingerprint density at radius 3 is 1.96 bits per heavy atom. The summed E-state index contributed by atoms with van der Waals surface area (Å²) in [6.45, 7) is 4.02. The highest BCUT2D eigenvalue weighted by atomic mass is 16.7. The van der Waals surface area contributed by atoms with Crippen LogP contribution in [0.3, 0.4) is 0 Å². The first-order valence-corrected chi connectivity index (χ1v) is 8.54. The highest BCUT2D eigenvalue weighted by Crippen LogP contribution is 2.27. The Morgan fingerprint density at radius 2 is 1.50 bits per heavy atom. The number of aliphatic hydroxyl groups is 8. The van der Waals surface area contributed by atoms with Crippen LogP contribution in [0.25, 0.3) is 0 Å². The molecule has 26 heavy (non-hydrogen) atoms. The van der Waals surface area contributed by atoms with Crippen LogP contribution in [0.5, 0.6) is 0 Å². The molecule has 0 saturated carbocycles. The van der Waals surface area contributed by atoms with Crippen molar-refractivity contribution in [1.82, 2.24) is 0 Å². The van der Waals surface area contributed by atoms with Gasteiger partial charge >= 0.3 is 0 Å². The van der Waals surface area contributed by atoms with Gasteiger partial charge in [0, 0.05) is 0 Å². The van der Waals surface area contributed by atoms with Crippen LogP contribution in [0.15, 0.2) is 0 Å². The minimum absolute atomic E-state index is 0.154. The topological polar surface area (TPSA) is 180 Å². The zero-order chi connectivity index (χ0) is 20.2. The van der Waals surface area contributed by atoms with E-state index in [1.54, 1.807) is 0 Å². The average molecular weight is 384 g/mol. The van der Waals surface area contributed by atoms with E-state index in [9.17, 15) is 40.9 Å². The molecule has 0 unspecified atom stereocenters. The van der Waals surface area contributed by atoms with Gasteiger partial charge in [-0.15, -0.1) is 0 Å². The molecule has 9 atom stereocenters. The summed E-state index contributed by atoms with van der Waals surface area (Å²) in [6.07, 6.45) is -13.9. The van der Waals surface area contributed by atoms with E-state index in [1.807, 2.05) is 20.8 Å². The highest BCUT2D eigenvalue weighted by Gasteiger charge is 2.46. The van der Waals surface area contributed by atoms with Crippen molar-refractivity contribution in [2.75, 3.05) is 13.2 Å². The van der Waals surface area contributed by atoms with Gasteiger partial charge in [0.25, 0.3) is 0 Å². The normalized spacial score (nSPS) is 35.0. The maximum Gasteiger partial charge on any atom is 0.187 e. The second-order valence-corrected chi connectivity index (χ2v) is 7.87. The molecule has 10 heteroatoms. The Kier molecular flexibility index (Phi) is 8.81. The molecule has 10 nitrogen and oxygen atoms in total. The lowest BCUT2D eigenvalue weighted by Gasteiger charge is -2.42. The van der Waals surface area contributed by atoms with Crippen molar-refractivity contribution >= 4 is 0 Å². The van der Waals surface area contributed by atoms with Gasteiger partial charge in [0.05, 0.1) is 19.3 Å². The minimum atomic E-state index is -1.74. The summed E-state index contributed by atoms with van der Waals surface area (Å²) >= 11 is 0. The third-order valence-electron chi connectivity index (χ3n) is 4.26. The van der Waals surface area contributed by atoms with Crippen LogP contribution in [0.4, 0.5) is 0 Å². The molecule has 8 N–H and O–H groups in total. The molecule has 0 aromatic rings. The van der Waals surface area contributed by atoms with Gasteiger partial charge in [-0.1, -0.05) is 20.8 Å². The van der Waals surface area contributed by atoms with Crippen molar-refractivity contribution in [2.24, 2.45) is 5.41 Å². The standard InChI is InChI=1S/C16H32O10/c1-16(2,3)4-7(19)10(21)14(8(20)5-17)26-15-13(24)12(23)11(22)9(6-18)25-15/h7-15,17-24H,4-6H2,1-3H3/t7-,8+,9+,10+,11-,12-,13+,14-,15-/m0/s1. The third kappa shape index (κ3) is 6.06. The van der Waals surface area contributed by atoms with E-state index >= 15 is 0 Å². The predicted molar refractivity (Wildman–Crippen MR) is 87.8 cm³/mol. The van der Waals surface area contributed by atoms with E-state index < -0.39 is 68.3 Å². The van der Waals surface area contributed by atoms with Gasteiger partial charge in [-0.25, -0.2) is 0 Å². The highest BCUT2D eigenvalue weighted by molar-refractivity contribution is 4.91. The summed E-state index contributed by atoms with van der Waals surface area (Å²) in [6, 6.07) is 0. The summed E-state index contributed by atoms with van der Waals surface area (Å²) < 4.78 is 10.5. The number of hydrogen-bond donors (Lipinski definition) is 8. The molecule has 0 amide bonds. The fraction of sp³-hybridized carbons (Fsp3) is 1.00. The lowest BCUT2D eigenvalue weighted by Crippen LogP contribution is -2.61. The second-order valence-electron chi connectivity index (χ2n) is 7.87. The maximum atomic E-state index is 10.4. The quantitative estimate of drug-likeness (QED) is 0.211. The molecule has 1 heterocycles. The van der Waals surface area contributed by atoms with Crippen LogP contribution >= 0.6 is 0 Å². The molecule has 1 aliphatic rings. The molecule has 0 radical (unpaired) electrons. The summed E-state index contributed by atoms with van der Waals surface area (Å²) in [5.74, 6) is 0. The van der Waals surface area contributed by atoms with Crippen LogP contribution in [0, 0.1) is 5.41 Å².